The van der Waals surface area contributed by atoms with Crippen LogP contribution in [0.4, 0.5) is 0 Å². The van der Waals surface area contributed by atoms with Crippen LogP contribution in [-0.4, -0.2) is 33.3 Å². The van der Waals surface area contributed by atoms with E-state index in [2.05, 4.69) is 10.3 Å². The molecule has 3 N–H and O–H groups in total. The summed E-state index contributed by atoms with van der Waals surface area (Å²) >= 11 is 0. The summed E-state index contributed by atoms with van der Waals surface area (Å²) < 4.78 is 0. The number of carboxylic acids is 1. The zero-order chi connectivity index (χ0) is 16.6. The van der Waals surface area contributed by atoms with Crippen LogP contribution in [0.1, 0.15) is 77.0 Å². The Bertz CT molecular complexity index is 668. The maximum Gasteiger partial charge on any atom is 0.329 e. The number of carbonyl (C=O) groups excluding carboxylic acids is 2. The van der Waals surface area contributed by atoms with Crippen molar-refractivity contribution in [3.63, 3.8) is 0 Å². The number of hydrogen-bond donors (Lipinski definition) is 3. The summed E-state index contributed by atoms with van der Waals surface area (Å²) in [5.41, 5.74) is 1.21. The van der Waals surface area contributed by atoms with Gasteiger partial charge in [0.1, 0.15) is 11.2 Å². The SMILES string of the molecule is Cc1c(C(=O)NC2(C(=O)O)CCCCC2)[nH]c2c1C(=O)CCC2. The Morgan fingerprint density at radius 1 is 1.13 bits per heavy atom. The lowest BCUT2D eigenvalue weighted by molar-refractivity contribution is -0.145. The highest BCUT2D eigenvalue weighted by Crippen LogP contribution is 2.30. The lowest BCUT2D eigenvalue weighted by atomic mass is 9.81. The maximum absolute atomic E-state index is 12.7. The summed E-state index contributed by atoms with van der Waals surface area (Å²) in [6.07, 6.45) is 5.53. The highest BCUT2D eigenvalue weighted by Gasteiger charge is 2.41. The highest BCUT2D eigenvalue weighted by molar-refractivity contribution is 6.05. The molecule has 0 unspecified atom stereocenters. The normalized spacial score (nSPS) is 20.0. The van der Waals surface area contributed by atoms with E-state index >= 15 is 0 Å². The Balaban J connectivity index is 1.89. The molecule has 0 bridgehead atoms. The number of fused-ring (bicyclic) bond motifs is 1. The second-order valence-electron chi connectivity index (χ2n) is 6.66. The van der Waals surface area contributed by atoms with Gasteiger partial charge in [-0.2, -0.15) is 0 Å². The number of carbonyl (C=O) groups is 3. The molecule has 3 rings (SSSR count). The van der Waals surface area contributed by atoms with Crippen LogP contribution in [0.2, 0.25) is 0 Å². The van der Waals surface area contributed by atoms with E-state index in [1.54, 1.807) is 6.92 Å². The minimum absolute atomic E-state index is 0.0599. The first-order chi connectivity index (χ1) is 10.9. The molecule has 23 heavy (non-hydrogen) atoms. The average Bonchev–Trinajstić information content (AvgIpc) is 2.86. The van der Waals surface area contributed by atoms with E-state index in [9.17, 15) is 19.5 Å². The van der Waals surface area contributed by atoms with E-state index in [1.165, 1.54) is 0 Å². The summed E-state index contributed by atoms with van der Waals surface area (Å²) in [7, 11) is 0. The van der Waals surface area contributed by atoms with Gasteiger partial charge in [0.2, 0.25) is 0 Å². The molecular formula is C17H22N2O4. The van der Waals surface area contributed by atoms with Gasteiger partial charge in [-0.15, -0.1) is 0 Å². The predicted molar refractivity (Wildman–Crippen MR) is 83.7 cm³/mol. The van der Waals surface area contributed by atoms with Gasteiger partial charge in [-0.3, -0.25) is 9.59 Å². The Hall–Kier alpha value is -2.11. The topological polar surface area (TPSA) is 99.3 Å². The third kappa shape index (κ3) is 2.66. The van der Waals surface area contributed by atoms with Crippen molar-refractivity contribution >= 4 is 17.7 Å². The first-order valence-corrected chi connectivity index (χ1v) is 8.25. The van der Waals surface area contributed by atoms with Gasteiger partial charge in [-0.05, 0) is 38.2 Å². The summed E-state index contributed by atoms with van der Waals surface area (Å²) in [6.45, 7) is 1.75. The number of carboxylic acid groups (broad SMARTS) is 1. The van der Waals surface area contributed by atoms with Crippen molar-refractivity contribution in [1.82, 2.24) is 10.3 Å². The summed E-state index contributed by atoms with van der Waals surface area (Å²) in [4.78, 5) is 39.5. The minimum atomic E-state index is -1.18. The number of rotatable bonds is 3. The molecule has 0 spiro atoms. The van der Waals surface area contributed by atoms with Crippen LogP contribution < -0.4 is 5.32 Å². The number of aromatic nitrogens is 1. The molecule has 2 aliphatic rings. The van der Waals surface area contributed by atoms with Gasteiger partial charge in [0.05, 0.1) is 0 Å². The fourth-order valence-corrected chi connectivity index (χ4v) is 3.83. The highest BCUT2D eigenvalue weighted by atomic mass is 16.4. The molecule has 1 aromatic heterocycles. The number of Topliss-reactive ketones (excluding diaryl/α,β-unsaturated/α-hetero) is 1. The number of aromatic amines is 1. The Morgan fingerprint density at radius 3 is 2.43 bits per heavy atom. The van der Waals surface area contributed by atoms with E-state index in [4.69, 9.17) is 0 Å². The first kappa shape index (κ1) is 15.8. The molecule has 1 aromatic rings. The van der Waals surface area contributed by atoms with Crippen LogP contribution in [0.3, 0.4) is 0 Å². The van der Waals surface area contributed by atoms with Crippen LogP contribution in [0.25, 0.3) is 0 Å². The molecule has 0 atom stereocenters. The van der Waals surface area contributed by atoms with E-state index in [0.717, 1.165) is 37.8 Å². The smallest absolute Gasteiger partial charge is 0.329 e. The van der Waals surface area contributed by atoms with Crippen molar-refractivity contribution < 1.29 is 19.5 Å². The number of ketones is 1. The Morgan fingerprint density at radius 2 is 1.83 bits per heavy atom. The van der Waals surface area contributed by atoms with E-state index < -0.39 is 17.4 Å². The fraction of sp³-hybridized carbons (Fsp3) is 0.588. The van der Waals surface area contributed by atoms with Crippen molar-refractivity contribution in [2.45, 2.75) is 63.8 Å². The van der Waals surface area contributed by atoms with E-state index in [1.807, 2.05) is 0 Å². The van der Waals surface area contributed by atoms with Gasteiger partial charge < -0.3 is 15.4 Å². The lowest BCUT2D eigenvalue weighted by Gasteiger charge is -2.33. The molecule has 2 aliphatic carbocycles. The average molecular weight is 318 g/mol. The summed E-state index contributed by atoms with van der Waals surface area (Å²) in [5, 5.41) is 12.3. The van der Waals surface area contributed by atoms with Gasteiger partial charge in [0.25, 0.3) is 5.91 Å². The first-order valence-electron chi connectivity index (χ1n) is 8.25. The number of amides is 1. The number of H-pyrrole nitrogens is 1. The van der Waals surface area contributed by atoms with Gasteiger partial charge >= 0.3 is 5.97 Å². The zero-order valence-electron chi connectivity index (χ0n) is 13.3. The summed E-state index contributed by atoms with van der Waals surface area (Å²) in [5.74, 6) is -1.34. The maximum atomic E-state index is 12.7. The van der Waals surface area contributed by atoms with E-state index in [-0.39, 0.29) is 5.78 Å². The lowest BCUT2D eigenvalue weighted by Crippen LogP contribution is -2.55. The van der Waals surface area contributed by atoms with Crippen LogP contribution in [0.5, 0.6) is 0 Å². The second-order valence-corrected chi connectivity index (χ2v) is 6.66. The van der Waals surface area contributed by atoms with Crippen LogP contribution in [-0.2, 0) is 11.2 Å². The molecule has 1 heterocycles. The molecule has 1 amide bonds. The Kier molecular flexibility index (Phi) is 4.00. The molecule has 124 valence electrons. The molecular weight excluding hydrogens is 296 g/mol. The molecule has 1 saturated carbocycles. The van der Waals surface area contributed by atoms with Crippen LogP contribution >= 0.6 is 0 Å². The third-order valence-electron chi connectivity index (χ3n) is 5.13. The van der Waals surface area contributed by atoms with Crippen molar-refractivity contribution in [3.05, 3.63) is 22.5 Å². The number of hydrogen-bond acceptors (Lipinski definition) is 3. The third-order valence-corrected chi connectivity index (χ3v) is 5.13. The van der Waals surface area contributed by atoms with E-state index in [0.29, 0.717) is 36.1 Å². The number of aliphatic carboxylic acids is 1. The molecule has 6 heteroatoms. The van der Waals surface area contributed by atoms with Gasteiger partial charge in [0.15, 0.2) is 5.78 Å². The molecule has 6 nitrogen and oxygen atoms in total. The zero-order valence-corrected chi connectivity index (χ0v) is 13.3. The molecule has 1 fully saturated rings. The number of aryl methyl sites for hydroxylation is 1. The van der Waals surface area contributed by atoms with Gasteiger partial charge in [-0.25, -0.2) is 4.79 Å². The Labute approximate surface area is 134 Å². The molecule has 0 radical (unpaired) electrons. The van der Waals surface area contributed by atoms with Crippen LogP contribution in [0, 0.1) is 6.92 Å². The van der Waals surface area contributed by atoms with Crippen molar-refractivity contribution in [2.75, 3.05) is 0 Å². The van der Waals surface area contributed by atoms with Crippen molar-refractivity contribution in [1.29, 1.82) is 0 Å². The molecule has 0 saturated heterocycles. The molecule has 0 aromatic carbocycles. The predicted octanol–water partition coefficient (Wildman–Crippen LogP) is 2.36. The monoisotopic (exact) mass is 318 g/mol. The van der Waals surface area contributed by atoms with Crippen LogP contribution in [0.15, 0.2) is 0 Å². The van der Waals surface area contributed by atoms with Gasteiger partial charge in [-0.1, -0.05) is 19.3 Å². The van der Waals surface area contributed by atoms with Crippen molar-refractivity contribution in [2.24, 2.45) is 0 Å². The summed E-state index contributed by atoms with van der Waals surface area (Å²) in [6, 6.07) is 0. The second kappa shape index (κ2) is 5.83. The standard InChI is InChI=1S/C17H22N2O4/c1-10-13-11(6-5-7-12(13)20)18-14(10)15(21)19-17(16(22)23)8-3-2-4-9-17/h18H,2-9H2,1H3,(H,19,21)(H,22,23). The van der Waals surface area contributed by atoms with Crippen molar-refractivity contribution in [3.8, 4) is 0 Å². The quantitative estimate of drug-likeness (QED) is 0.796. The number of nitrogens with one attached hydrogen (secondary N) is 2. The van der Waals surface area contributed by atoms with Gasteiger partial charge in [0, 0.05) is 17.7 Å². The largest absolute Gasteiger partial charge is 0.480 e. The fourth-order valence-electron chi connectivity index (χ4n) is 3.83. The molecule has 0 aliphatic heterocycles. The minimum Gasteiger partial charge on any atom is -0.480 e.